The summed E-state index contributed by atoms with van der Waals surface area (Å²) in [5, 5.41) is 0. The van der Waals surface area contributed by atoms with Crippen LogP contribution in [0, 0.1) is 6.92 Å². The van der Waals surface area contributed by atoms with Gasteiger partial charge in [0.25, 0.3) is 0 Å². The van der Waals surface area contributed by atoms with E-state index in [0.717, 1.165) is 35.7 Å². The Morgan fingerprint density at radius 1 is 1.28 bits per heavy atom. The molecule has 3 heterocycles. The first-order chi connectivity index (χ1) is 12.0. The van der Waals surface area contributed by atoms with Crippen LogP contribution in [0.1, 0.15) is 23.5 Å². The van der Waals surface area contributed by atoms with Crippen LogP contribution in [0.25, 0.3) is 0 Å². The van der Waals surface area contributed by atoms with E-state index in [1.54, 1.807) is 0 Å². The number of nitrogens with two attached hydrogens (primary N) is 1. The Morgan fingerprint density at radius 3 is 2.80 bits per heavy atom. The van der Waals surface area contributed by atoms with Gasteiger partial charge in [0.1, 0.15) is 18.1 Å². The number of furan rings is 1. The first-order valence-corrected chi connectivity index (χ1v) is 8.47. The van der Waals surface area contributed by atoms with E-state index in [2.05, 4.69) is 4.90 Å². The molecule has 2 amide bonds. The molecule has 1 aromatic carbocycles. The summed E-state index contributed by atoms with van der Waals surface area (Å²) in [6, 6.07) is 11.6. The standard InChI is InChI=1S/C19H21N3O3/c1-13-6-7-14(25-13)10-21-9-8-19(12-21)15-4-2-3-5-16(15)22(18(19)24)11-17(20)23/h2-7H,8-12H2,1H3,(H2,20,23). The first kappa shape index (κ1) is 15.9. The fraction of sp³-hybridized carbons (Fsp3) is 0.368. The number of aryl methyl sites for hydroxylation is 1. The van der Waals surface area contributed by atoms with Crippen LogP contribution in [0.2, 0.25) is 0 Å². The van der Waals surface area contributed by atoms with Crippen molar-refractivity contribution in [2.24, 2.45) is 5.73 Å². The Balaban J connectivity index is 1.63. The number of benzene rings is 1. The zero-order valence-electron chi connectivity index (χ0n) is 14.2. The molecule has 0 bridgehead atoms. The van der Waals surface area contributed by atoms with E-state index in [9.17, 15) is 9.59 Å². The Hall–Kier alpha value is -2.60. The largest absolute Gasteiger partial charge is 0.465 e. The number of primary amides is 1. The molecule has 0 aliphatic carbocycles. The van der Waals surface area contributed by atoms with Crippen LogP contribution in [0.3, 0.4) is 0 Å². The highest BCUT2D eigenvalue weighted by Crippen LogP contribution is 2.47. The first-order valence-electron chi connectivity index (χ1n) is 8.47. The van der Waals surface area contributed by atoms with Crippen LogP contribution in [0.4, 0.5) is 5.69 Å². The summed E-state index contributed by atoms with van der Waals surface area (Å²) < 4.78 is 5.67. The van der Waals surface area contributed by atoms with Crippen molar-refractivity contribution in [2.45, 2.75) is 25.3 Å². The van der Waals surface area contributed by atoms with E-state index in [-0.39, 0.29) is 12.5 Å². The summed E-state index contributed by atoms with van der Waals surface area (Å²) in [6.07, 6.45) is 0.734. The van der Waals surface area contributed by atoms with Gasteiger partial charge in [-0.2, -0.15) is 0 Å². The van der Waals surface area contributed by atoms with E-state index >= 15 is 0 Å². The monoisotopic (exact) mass is 339 g/mol. The Bertz CT molecular complexity index is 844. The number of carbonyl (C=O) groups is 2. The molecule has 1 unspecified atom stereocenters. The zero-order chi connectivity index (χ0) is 17.6. The van der Waals surface area contributed by atoms with Gasteiger partial charge in [-0.25, -0.2) is 0 Å². The van der Waals surface area contributed by atoms with Gasteiger partial charge in [-0.15, -0.1) is 0 Å². The maximum Gasteiger partial charge on any atom is 0.239 e. The van der Waals surface area contributed by atoms with Crippen LogP contribution >= 0.6 is 0 Å². The Labute approximate surface area is 146 Å². The van der Waals surface area contributed by atoms with Crippen molar-refractivity contribution in [3.63, 3.8) is 0 Å². The Morgan fingerprint density at radius 2 is 2.08 bits per heavy atom. The van der Waals surface area contributed by atoms with Crippen molar-refractivity contribution < 1.29 is 14.0 Å². The topological polar surface area (TPSA) is 79.8 Å². The maximum absolute atomic E-state index is 13.2. The van der Waals surface area contributed by atoms with Crippen LogP contribution < -0.4 is 10.6 Å². The minimum Gasteiger partial charge on any atom is -0.465 e. The average Bonchev–Trinajstić information content (AvgIpc) is 3.24. The van der Waals surface area contributed by atoms with E-state index in [1.165, 1.54) is 4.90 Å². The van der Waals surface area contributed by atoms with E-state index < -0.39 is 11.3 Å². The number of hydrogen-bond donors (Lipinski definition) is 1. The lowest BCUT2D eigenvalue weighted by molar-refractivity contribution is -0.125. The highest BCUT2D eigenvalue weighted by molar-refractivity contribution is 6.11. The van der Waals surface area contributed by atoms with Crippen molar-refractivity contribution in [1.29, 1.82) is 0 Å². The van der Waals surface area contributed by atoms with Gasteiger partial charge in [0.05, 0.1) is 12.0 Å². The molecule has 2 aliphatic rings. The number of para-hydroxylation sites is 1. The number of amides is 2. The molecule has 1 spiro atoms. The number of carbonyl (C=O) groups excluding carboxylic acids is 2. The third kappa shape index (κ3) is 2.53. The normalized spacial score (nSPS) is 22.8. The third-order valence-corrected chi connectivity index (χ3v) is 5.20. The lowest BCUT2D eigenvalue weighted by atomic mass is 9.81. The van der Waals surface area contributed by atoms with Crippen molar-refractivity contribution in [3.05, 3.63) is 53.5 Å². The van der Waals surface area contributed by atoms with Gasteiger partial charge < -0.3 is 15.1 Å². The predicted molar refractivity (Wildman–Crippen MR) is 93.0 cm³/mol. The molecule has 0 saturated carbocycles. The van der Waals surface area contributed by atoms with Crippen LogP contribution in [0.5, 0.6) is 0 Å². The molecule has 1 saturated heterocycles. The number of rotatable bonds is 4. The summed E-state index contributed by atoms with van der Waals surface area (Å²) in [5.41, 5.74) is 6.57. The van der Waals surface area contributed by atoms with E-state index in [0.29, 0.717) is 13.1 Å². The maximum atomic E-state index is 13.2. The van der Waals surface area contributed by atoms with Gasteiger partial charge in [-0.05, 0) is 37.1 Å². The number of fused-ring (bicyclic) bond motifs is 2. The number of anilines is 1. The molecule has 1 fully saturated rings. The molecule has 2 aliphatic heterocycles. The highest BCUT2D eigenvalue weighted by atomic mass is 16.3. The smallest absolute Gasteiger partial charge is 0.239 e. The predicted octanol–water partition coefficient (Wildman–Crippen LogP) is 1.56. The van der Waals surface area contributed by atoms with Crippen LogP contribution in [-0.2, 0) is 21.5 Å². The molecule has 0 radical (unpaired) electrons. The van der Waals surface area contributed by atoms with Gasteiger partial charge in [-0.1, -0.05) is 18.2 Å². The molecule has 4 rings (SSSR count). The Kier molecular flexibility index (Phi) is 3.65. The molecule has 1 atom stereocenters. The van der Waals surface area contributed by atoms with Gasteiger partial charge in [0, 0.05) is 18.8 Å². The highest BCUT2D eigenvalue weighted by Gasteiger charge is 2.54. The molecule has 2 N–H and O–H groups in total. The molecule has 25 heavy (non-hydrogen) atoms. The van der Waals surface area contributed by atoms with Crippen molar-refractivity contribution in [3.8, 4) is 0 Å². The van der Waals surface area contributed by atoms with Gasteiger partial charge in [0.2, 0.25) is 11.8 Å². The zero-order valence-corrected chi connectivity index (χ0v) is 14.2. The average molecular weight is 339 g/mol. The third-order valence-electron chi connectivity index (χ3n) is 5.20. The second-order valence-electron chi connectivity index (χ2n) is 6.93. The van der Waals surface area contributed by atoms with Crippen molar-refractivity contribution >= 4 is 17.5 Å². The minimum atomic E-state index is -0.590. The molecular formula is C19H21N3O3. The number of likely N-dealkylation sites (tertiary alicyclic amines) is 1. The van der Waals surface area contributed by atoms with Gasteiger partial charge >= 0.3 is 0 Å². The molecule has 130 valence electrons. The summed E-state index contributed by atoms with van der Waals surface area (Å²) in [6.45, 7) is 3.96. The lowest BCUT2D eigenvalue weighted by Gasteiger charge is -2.24. The minimum absolute atomic E-state index is 0.0226. The summed E-state index contributed by atoms with van der Waals surface area (Å²) in [5.74, 6) is 1.27. The van der Waals surface area contributed by atoms with Gasteiger partial charge in [-0.3, -0.25) is 14.5 Å². The number of hydrogen-bond acceptors (Lipinski definition) is 4. The van der Waals surface area contributed by atoms with E-state index in [1.807, 2.05) is 43.3 Å². The van der Waals surface area contributed by atoms with Crippen molar-refractivity contribution in [2.75, 3.05) is 24.5 Å². The fourth-order valence-electron chi connectivity index (χ4n) is 4.12. The van der Waals surface area contributed by atoms with Crippen LogP contribution in [0.15, 0.2) is 40.8 Å². The van der Waals surface area contributed by atoms with Crippen molar-refractivity contribution in [1.82, 2.24) is 4.90 Å². The van der Waals surface area contributed by atoms with E-state index in [4.69, 9.17) is 10.2 Å². The number of nitrogens with zero attached hydrogens (tertiary/aromatic N) is 2. The molecule has 6 nitrogen and oxygen atoms in total. The SMILES string of the molecule is Cc1ccc(CN2CCC3(C2)C(=O)N(CC(N)=O)c2ccccc23)o1. The molecule has 6 heteroatoms. The summed E-state index contributed by atoms with van der Waals surface area (Å²) in [4.78, 5) is 28.4. The van der Waals surface area contributed by atoms with Crippen LogP contribution in [-0.4, -0.2) is 36.3 Å². The summed E-state index contributed by atoms with van der Waals surface area (Å²) in [7, 11) is 0. The second-order valence-corrected chi connectivity index (χ2v) is 6.93. The fourth-order valence-corrected chi connectivity index (χ4v) is 4.12. The molecule has 2 aromatic rings. The molecular weight excluding hydrogens is 318 g/mol. The quantitative estimate of drug-likeness (QED) is 0.917. The van der Waals surface area contributed by atoms with Gasteiger partial charge in [0.15, 0.2) is 0 Å². The second kappa shape index (κ2) is 5.74. The lowest BCUT2D eigenvalue weighted by Crippen LogP contribution is -2.45. The molecule has 1 aromatic heterocycles. The summed E-state index contributed by atoms with van der Waals surface area (Å²) >= 11 is 0.